The Morgan fingerprint density at radius 1 is 1.75 bits per heavy atom. The number of aryl methyl sites for hydroxylation is 1. The minimum atomic E-state index is 1.03. The second-order valence-electron chi connectivity index (χ2n) is 1.70. The van der Waals surface area contributed by atoms with E-state index in [-0.39, 0.29) is 0 Å². The van der Waals surface area contributed by atoms with Crippen molar-refractivity contribution in [3.8, 4) is 0 Å². The van der Waals surface area contributed by atoms with Crippen molar-refractivity contribution in [1.82, 2.24) is 9.78 Å². The molecule has 1 rings (SSSR count). The predicted octanol–water partition coefficient (Wildman–Crippen LogP) is 0.992. The van der Waals surface area contributed by atoms with Crippen molar-refractivity contribution in [2.75, 3.05) is 0 Å². The molecule has 0 spiro atoms. The quantitative estimate of drug-likeness (QED) is 0.526. The Morgan fingerprint density at radius 3 is 2.75 bits per heavy atom. The monoisotopic (exact) mass is 109 g/mol. The third-order valence-electron chi connectivity index (χ3n) is 1.03. The molecule has 0 N–H and O–H groups in total. The maximum Gasteiger partial charge on any atom is 0.0659 e. The van der Waals surface area contributed by atoms with E-state index in [4.69, 9.17) is 0 Å². The molecule has 0 atom stereocenters. The smallest absolute Gasteiger partial charge is 0.0659 e. The van der Waals surface area contributed by atoms with Crippen LogP contribution in [0.25, 0.3) is 0 Å². The van der Waals surface area contributed by atoms with Gasteiger partial charge in [0.15, 0.2) is 0 Å². The topological polar surface area (TPSA) is 17.8 Å². The standard InChI is InChI=1S/C6H9N2/c1-3-6-4-5-8(2)7-6/h3-5H,1-2H3. The normalized spacial score (nSPS) is 9.75. The van der Waals surface area contributed by atoms with Crippen molar-refractivity contribution < 1.29 is 0 Å². The second kappa shape index (κ2) is 1.99. The van der Waals surface area contributed by atoms with Gasteiger partial charge in [-0.1, -0.05) is 6.92 Å². The van der Waals surface area contributed by atoms with Gasteiger partial charge in [-0.2, -0.15) is 5.10 Å². The van der Waals surface area contributed by atoms with Gasteiger partial charge in [0.1, 0.15) is 0 Å². The van der Waals surface area contributed by atoms with Crippen LogP contribution in [0.15, 0.2) is 12.3 Å². The molecule has 0 aliphatic rings. The number of aromatic nitrogens is 2. The molecular formula is C6H9N2. The fourth-order valence-corrected chi connectivity index (χ4v) is 0.587. The lowest BCUT2D eigenvalue weighted by Crippen LogP contribution is -1.87. The highest BCUT2D eigenvalue weighted by atomic mass is 15.2. The molecule has 0 aliphatic carbocycles. The zero-order valence-electron chi connectivity index (χ0n) is 5.13. The largest absolute Gasteiger partial charge is 0.276 e. The van der Waals surface area contributed by atoms with Crippen molar-refractivity contribution in [1.29, 1.82) is 0 Å². The molecular weight excluding hydrogens is 100 g/mol. The Labute approximate surface area is 49.1 Å². The number of hydrogen-bond donors (Lipinski definition) is 0. The van der Waals surface area contributed by atoms with Crippen LogP contribution < -0.4 is 0 Å². The first kappa shape index (κ1) is 5.35. The summed E-state index contributed by atoms with van der Waals surface area (Å²) in [6.07, 6.45) is 3.90. The highest BCUT2D eigenvalue weighted by Crippen LogP contribution is 1.94. The minimum Gasteiger partial charge on any atom is -0.276 e. The van der Waals surface area contributed by atoms with E-state index in [2.05, 4.69) is 5.10 Å². The van der Waals surface area contributed by atoms with Crippen LogP contribution in [-0.4, -0.2) is 9.78 Å². The average molecular weight is 109 g/mol. The molecule has 1 aromatic rings. The highest BCUT2D eigenvalue weighted by molar-refractivity contribution is 5.07. The van der Waals surface area contributed by atoms with E-state index in [0.29, 0.717) is 0 Å². The summed E-state index contributed by atoms with van der Waals surface area (Å²) in [6.45, 7) is 1.97. The molecule has 0 saturated heterocycles. The molecule has 0 aliphatic heterocycles. The van der Waals surface area contributed by atoms with Gasteiger partial charge in [-0.15, -0.1) is 0 Å². The van der Waals surface area contributed by atoms with Crippen LogP contribution in [0.2, 0.25) is 0 Å². The maximum atomic E-state index is 4.09. The van der Waals surface area contributed by atoms with Gasteiger partial charge in [-0.05, 0) is 6.07 Å². The predicted molar refractivity (Wildman–Crippen MR) is 32.3 cm³/mol. The zero-order valence-corrected chi connectivity index (χ0v) is 5.13. The molecule has 1 heterocycles. The van der Waals surface area contributed by atoms with Gasteiger partial charge >= 0.3 is 0 Å². The summed E-state index contributed by atoms with van der Waals surface area (Å²) in [5.41, 5.74) is 1.03. The van der Waals surface area contributed by atoms with Crippen molar-refractivity contribution in [3.05, 3.63) is 24.4 Å². The van der Waals surface area contributed by atoms with Gasteiger partial charge in [0, 0.05) is 19.7 Å². The second-order valence-corrected chi connectivity index (χ2v) is 1.70. The fourth-order valence-electron chi connectivity index (χ4n) is 0.587. The van der Waals surface area contributed by atoms with E-state index in [1.165, 1.54) is 0 Å². The Kier molecular flexibility index (Phi) is 1.33. The Balaban J connectivity index is 2.84. The number of nitrogens with zero attached hydrogens (tertiary/aromatic N) is 2. The van der Waals surface area contributed by atoms with E-state index in [0.717, 1.165) is 5.69 Å². The molecule has 0 amide bonds. The summed E-state index contributed by atoms with van der Waals surface area (Å²) in [5, 5.41) is 4.09. The van der Waals surface area contributed by atoms with Gasteiger partial charge in [0.05, 0.1) is 5.69 Å². The molecule has 0 aromatic carbocycles. The third kappa shape index (κ3) is 0.886. The van der Waals surface area contributed by atoms with E-state index in [9.17, 15) is 0 Å². The lowest BCUT2D eigenvalue weighted by Gasteiger charge is -1.83. The fraction of sp³-hybridized carbons (Fsp3) is 0.333. The molecule has 0 fully saturated rings. The van der Waals surface area contributed by atoms with Crippen LogP contribution in [0.5, 0.6) is 0 Å². The van der Waals surface area contributed by atoms with E-state index in [1.54, 1.807) is 4.68 Å². The van der Waals surface area contributed by atoms with Gasteiger partial charge in [-0.3, -0.25) is 4.68 Å². The summed E-state index contributed by atoms with van der Waals surface area (Å²) in [4.78, 5) is 0. The van der Waals surface area contributed by atoms with Crippen molar-refractivity contribution in [2.24, 2.45) is 7.05 Å². The van der Waals surface area contributed by atoms with Crippen LogP contribution in [0.4, 0.5) is 0 Å². The molecule has 0 saturated carbocycles. The molecule has 2 nitrogen and oxygen atoms in total. The molecule has 43 valence electrons. The van der Waals surface area contributed by atoms with Gasteiger partial charge in [0.25, 0.3) is 0 Å². The van der Waals surface area contributed by atoms with E-state index in [1.807, 2.05) is 32.7 Å². The first-order chi connectivity index (χ1) is 3.83. The Hall–Kier alpha value is -0.790. The van der Waals surface area contributed by atoms with Crippen LogP contribution in [0.3, 0.4) is 0 Å². The molecule has 0 bridgehead atoms. The van der Waals surface area contributed by atoms with Gasteiger partial charge < -0.3 is 0 Å². The average Bonchev–Trinajstić information content (AvgIpc) is 2.14. The Bertz CT molecular complexity index is 167. The summed E-state index contributed by atoms with van der Waals surface area (Å²) >= 11 is 0. The number of hydrogen-bond acceptors (Lipinski definition) is 1. The lowest BCUT2D eigenvalue weighted by molar-refractivity contribution is 0.758. The van der Waals surface area contributed by atoms with Crippen molar-refractivity contribution >= 4 is 0 Å². The minimum absolute atomic E-state index is 1.03. The zero-order chi connectivity index (χ0) is 5.98. The Morgan fingerprint density at radius 2 is 2.50 bits per heavy atom. The molecule has 1 radical (unpaired) electrons. The number of rotatable bonds is 1. The lowest BCUT2D eigenvalue weighted by atomic mass is 10.4. The van der Waals surface area contributed by atoms with Crippen LogP contribution in [0.1, 0.15) is 12.6 Å². The first-order valence-electron chi connectivity index (χ1n) is 2.62. The van der Waals surface area contributed by atoms with E-state index < -0.39 is 0 Å². The summed E-state index contributed by atoms with van der Waals surface area (Å²) in [7, 11) is 1.91. The molecule has 1 aromatic heterocycles. The molecule has 0 unspecified atom stereocenters. The van der Waals surface area contributed by atoms with Crippen LogP contribution >= 0.6 is 0 Å². The van der Waals surface area contributed by atoms with Gasteiger partial charge in [0.2, 0.25) is 0 Å². The third-order valence-corrected chi connectivity index (χ3v) is 1.03. The summed E-state index contributed by atoms with van der Waals surface area (Å²) in [5.74, 6) is 0. The van der Waals surface area contributed by atoms with Crippen molar-refractivity contribution in [3.63, 3.8) is 0 Å². The van der Waals surface area contributed by atoms with Gasteiger partial charge in [-0.25, -0.2) is 0 Å². The van der Waals surface area contributed by atoms with Crippen LogP contribution in [-0.2, 0) is 7.05 Å². The molecule has 2 heteroatoms. The maximum absolute atomic E-state index is 4.09. The van der Waals surface area contributed by atoms with Crippen molar-refractivity contribution in [2.45, 2.75) is 6.92 Å². The first-order valence-corrected chi connectivity index (χ1v) is 2.62. The molecule has 8 heavy (non-hydrogen) atoms. The van der Waals surface area contributed by atoms with E-state index >= 15 is 0 Å². The SMILES string of the molecule is C[CH]c1ccn(C)n1. The van der Waals surface area contributed by atoms with Crippen LogP contribution in [0, 0.1) is 6.42 Å². The highest BCUT2D eigenvalue weighted by Gasteiger charge is 1.88. The summed E-state index contributed by atoms with van der Waals surface area (Å²) in [6, 6.07) is 1.97. The summed E-state index contributed by atoms with van der Waals surface area (Å²) < 4.78 is 1.79.